The number of nitrogens with one attached hydrogen (secondary N) is 1. The van der Waals surface area contributed by atoms with E-state index in [2.05, 4.69) is 33.4 Å². The fourth-order valence-electron chi connectivity index (χ4n) is 6.41. The van der Waals surface area contributed by atoms with Gasteiger partial charge >= 0.3 is 6.29 Å². The molecule has 0 bridgehead atoms. The molecule has 1 aromatic heterocycles. The van der Waals surface area contributed by atoms with Gasteiger partial charge in [-0.3, -0.25) is 9.69 Å². The number of piperidine rings is 1. The van der Waals surface area contributed by atoms with Gasteiger partial charge in [-0.25, -0.2) is 0 Å². The van der Waals surface area contributed by atoms with Crippen molar-refractivity contribution in [3.63, 3.8) is 0 Å². The minimum absolute atomic E-state index is 0.00729. The zero-order chi connectivity index (χ0) is 28.8. The van der Waals surface area contributed by atoms with E-state index in [1.54, 1.807) is 18.5 Å². The number of aromatic nitrogens is 3. The molecule has 0 spiro atoms. The molecule has 1 saturated carbocycles. The van der Waals surface area contributed by atoms with Crippen LogP contribution in [0.1, 0.15) is 59.9 Å². The van der Waals surface area contributed by atoms with Crippen molar-refractivity contribution in [2.75, 3.05) is 18.4 Å². The molecule has 3 heterocycles. The summed E-state index contributed by atoms with van der Waals surface area (Å²) in [5.74, 6) is 0.315. The predicted molar refractivity (Wildman–Crippen MR) is 145 cm³/mol. The number of nitrogens with zero attached hydrogens (tertiary/aromatic N) is 5. The minimum atomic E-state index is -3.84. The molecule has 0 radical (unpaired) electrons. The highest BCUT2D eigenvalue weighted by Crippen LogP contribution is 2.50. The number of carbonyl (C=O) groups excluding carboxylic acids is 1. The highest BCUT2D eigenvalue weighted by Gasteiger charge is 2.47. The van der Waals surface area contributed by atoms with E-state index in [1.807, 2.05) is 29.8 Å². The molecule has 3 aliphatic rings. The third-order valence-electron chi connectivity index (χ3n) is 8.45. The molecular formula is C30H32F2N6O3. The number of alkyl halides is 2. The SMILES string of the molecule is C[C@H]1CCCN(Cc2cc3c(c(C(=O)Nc4cccc(C5(Cc6nncn6C)CC(C#N)C5)c4)c2)OC(F)(F)O3)C1. The lowest BCUT2D eigenvalue weighted by Crippen LogP contribution is -2.43. The standard InChI is InChI=1S/C30H32F2N6O3/c1-19-5-4-8-38(16-19)17-20-9-24(27-25(10-20)40-30(31,32)41-27)28(39)35-23-7-3-6-22(11-23)29(12-21(13-29)15-33)14-26-36-34-18-37(26)2/h3,6-7,9-11,18-19,21H,4-5,8,12-14,16-17H2,1-2H3,(H,35,39)/t19-,21?,29?/m0/s1. The van der Waals surface area contributed by atoms with E-state index in [1.165, 1.54) is 6.07 Å². The van der Waals surface area contributed by atoms with Gasteiger partial charge in [0.25, 0.3) is 5.91 Å². The minimum Gasteiger partial charge on any atom is -0.395 e. The third kappa shape index (κ3) is 5.48. The van der Waals surface area contributed by atoms with Gasteiger partial charge in [0.15, 0.2) is 11.5 Å². The quantitative estimate of drug-likeness (QED) is 0.430. The molecule has 6 rings (SSSR count). The molecule has 0 unspecified atom stereocenters. The van der Waals surface area contributed by atoms with Crippen molar-refractivity contribution in [2.45, 2.75) is 57.3 Å². The third-order valence-corrected chi connectivity index (χ3v) is 8.45. The molecular weight excluding hydrogens is 530 g/mol. The van der Waals surface area contributed by atoms with Gasteiger partial charge in [0.05, 0.1) is 11.6 Å². The van der Waals surface area contributed by atoms with Crippen LogP contribution in [0.5, 0.6) is 11.5 Å². The molecule has 214 valence electrons. The van der Waals surface area contributed by atoms with Gasteiger partial charge in [-0.2, -0.15) is 5.26 Å². The number of ether oxygens (including phenoxy) is 2. The van der Waals surface area contributed by atoms with Crippen molar-refractivity contribution in [1.82, 2.24) is 19.7 Å². The summed E-state index contributed by atoms with van der Waals surface area (Å²) in [6, 6.07) is 13.0. The van der Waals surface area contributed by atoms with Crippen LogP contribution in [0, 0.1) is 23.2 Å². The first kappa shape index (κ1) is 27.1. The summed E-state index contributed by atoms with van der Waals surface area (Å²) in [6.07, 6.45) is 1.97. The lowest BCUT2D eigenvalue weighted by atomic mass is 9.57. The topological polar surface area (TPSA) is 105 Å². The second-order valence-electron chi connectivity index (χ2n) is 11.7. The first-order chi connectivity index (χ1) is 19.6. The van der Waals surface area contributed by atoms with Crippen LogP contribution >= 0.6 is 0 Å². The zero-order valence-electron chi connectivity index (χ0n) is 23.1. The summed E-state index contributed by atoms with van der Waals surface area (Å²) in [5, 5.41) is 20.6. The van der Waals surface area contributed by atoms with Crippen molar-refractivity contribution in [3.05, 3.63) is 65.2 Å². The Morgan fingerprint density at radius 1 is 1.24 bits per heavy atom. The number of benzene rings is 2. The smallest absolute Gasteiger partial charge is 0.395 e. The van der Waals surface area contributed by atoms with Crippen LogP contribution in [-0.2, 0) is 25.4 Å². The number of carbonyl (C=O) groups is 1. The molecule has 9 nitrogen and oxygen atoms in total. The van der Waals surface area contributed by atoms with Crippen LogP contribution in [-0.4, -0.2) is 45.0 Å². The monoisotopic (exact) mass is 562 g/mol. The average Bonchev–Trinajstić information content (AvgIpc) is 3.45. The van der Waals surface area contributed by atoms with Gasteiger partial charge < -0.3 is 19.4 Å². The van der Waals surface area contributed by atoms with E-state index < -0.39 is 12.2 Å². The summed E-state index contributed by atoms with van der Waals surface area (Å²) in [7, 11) is 1.88. The number of anilines is 1. The Labute approximate surface area is 237 Å². The number of aryl methyl sites for hydroxylation is 1. The van der Waals surface area contributed by atoms with Crippen LogP contribution in [0.15, 0.2) is 42.7 Å². The molecule has 2 fully saturated rings. The van der Waals surface area contributed by atoms with Gasteiger partial charge in [-0.1, -0.05) is 19.1 Å². The number of hydrogen-bond acceptors (Lipinski definition) is 7. The average molecular weight is 563 g/mol. The molecule has 1 aliphatic carbocycles. The lowest BCUT2D eigenvalue weighted by molar-refractivity contribution is -0.286. The number of likely N-dealkylation sites (tertiary alicyclic amines) is 1. The molecule has 3 aromatic rings. The summed E-state index contributed by atoms with van der Waals surface area (Å²) in [6.45, 7) is 4.53. The van der Waals surface area contributed by atoms with Crippen molar-refractivity contribution < 1.29 is 23.0 Å². The Kier molecular flexibility index (Phi) is 6.90. The molecule has 1 N–H and O–H groups in total. The highest BCUT2D eigenvalue weighted by molar-refractivity contribution is 6.07. The van der Waals surface area contributed by atoms with Gasteiger partial charge in [0, 0.05) is 43.6 Å². The molecule has 2 aromatic carbocycles. The fourth-order valence-corrected chi connectivity index (χ4v) is 6.41. The van der Waals surface area contributed by atoms with Crippen LogP contribution in [0.25, 0.3) is 0 Å². The van der Waals surface area contributed by atoms with Crippen molar-refractivity contribution >= 4 is 11.6 Å². The number of halogens is 2. The molecule has 2 aliphatic heterocycles. The van der Waals surface area contributed by atoms with Crippen LogP contribution in [0.4, 0.5) is 14.5 Å². The largest absolute Gasteiger partial charge is 0.586 e. The summed E-state index contributed by atoms with van der Waals surface area (Å²) < 4.78 is 39.6. The molecule has 1 amide bonds. The van der Waals surface area contributed by atoms with Gasteiger partial charge in [0.1, 0.15) is 12.2 Å². The van der Waals surface area contributed by atoms with Crippen molar-refractivity contribution in [1.29, 1.82) is 5.26 Å². The summed E-state index contributed by atoms with van der Waals surface area (Å²) in [5.41, 5.74) is 1.85. The maximum Gasteiger partial charge on any atom is 0.586 e. The summed E-state index contributed by atoms with van der Waals surface area (Å²) in [4.78, 5) is 15.8. The highest BCUT2D eigenvalue weighted by atomic mass is 19.3. The van der Waals surface area contributed by atoms with Crippen LogP contribution < -0.4 is 14.8 Å². The van der Waals surface area contributed by atoms with E-state index in [0.717, 1.165) is 37.3 Å². The Bertz CT molecular complexity index is 1510. The first-order valence-electron chi connectivity index (χ1n) is 13.9. The molecule has 1 saturated heterocycles. The van der Waals surface area contributed by atoms with Crippen LogP contribution in [0.3, 0.4) is 0 Å². The van der Waals surface area contributed by atoms with E-state index in [9.17, 15) is 18.8 Å². The maximum atomic E-state index is 14.1. The number of amides is 1. The number of hydrogen-bond donors (Lipinski definition) is 1. The Morgan fingerprint density at radius 3 is 2.80 bits per heavy atom. The van der Waals surface area contributed by atoms with E-state index in [4.69, 9.17) is 9.47 Å². The van der Waals surface area contributed by atoms with E-state index in [0.29, 0.717) is 43.0 Å². The first-order valence-corrected chi connectivity index (χ1v) is 13.9. The Hall–Kier alpha value is -4.04. The maximum absolute atomic E-state index is 14.1. The van der Waals surface area contributed by atoms with Crippen molar-refractivity contribution in [3.8, 4) is 17.6 Å². The normalized spacial score (nSPS) is 24.9. The van der Waals surface area contributed by atoms with E-state index >= 15 is 0 Å². The number of rotatable bonds is 7. The van der Waals surface area contributed by atoms with Crippen LogP contribution in [0.2, 0.25) is 0 Å². The molecule has 1 atom stereocenters. The summed E-state index contributed by atoms with van der Waals surface area (Å²) >= 11 is 0. The lowest BCUT2D eigenvalue weighted by Gasteiger charge is -2.45. The molecule has 11 heteroatoms. The van der Waals surface area contributed by atoms with Gasteiger partial charge in [-0.15, -0.1) is 19.0 Å². The second-order valence-corrected chi connectivity index (χ2v) is 11.7. The zero-order valence-corrected chi connectivity index (χ0v) is 23.1. The predicted octanol–water partition coefficient (Wildman–Crippen LogP) is 5.03. The van der Waals surface area contributed by atoms with Gasteiger partial charge in [0.2, 0.25) is 0 Å². The number of fused-ring (bicyclic) bond motifs is 1. The van der Waals surface area contributed by atoms with E-state index in [-0.39, 0.29) is 28.4 Å². The molecule has 41 heavy (non-hydrogen) atoms. The Morgan fingerprint density at radius 2 is 2.07 bits per heavy atom. The number of nitriles is 1. The van der Waals surface area contributed by atoms with Gasteiger partial charge in [-0.05, 0) is 73.5 Å². The van der Waals surface area contributed by atoms with Crippen molar-refractivity contribution in [2.24, 2.45) is 18.9 Å². The second kappa shape index (κ2) is 10.4. The Balaban J connectivity index is 1.27. The fraction of sp³-hybridized carbons (Fsp3) is 0.467.